The largest absolute Gasteiger partial charge is 0.476 e. The Balaban J connectivity index is 1.83. The van der Waals surface area contributed by atoms with Crippen molar-refractivity contribution in [1.82, 2.24) is 15.3 Å². The van der Waals surface area contributed by atoms with Crippen molar-refractivity contribution in [3.05, 3.63) is 32.2 Å². The number of amides is 1. The summed E-state index contributed by atoms with van der Waals surface area (Å²) in [5.74, 6) is -1.26. The molecule has 2 N–H and O–H groups in total. The SMILES string of the molecule is Cc1nc(C(=O)NCCc2nc(C(=O)O)cs2)cs1. The molecule has 8 heteroatoms. The van der Waals surface area contributed by atoms with Gasteiger partial charge in [-0.1, -0.05) is 0 Å². The molecule has 0 aromatic carbocycles. The molecule has 0 bridgehead atoms. The fourth-order valence-electron chi connectivity index (χ4n) is 1.37. The maximum Gasteiger partial charge on any atom is 0.355 e. The van der Waals surface area contributed by atoms with Crippen molar-refractivity contribution in [2.75, 3.05) is 6.54 Å². The van der Waals surface area contributed by atoms with Crippen molar-refractivity contribution < 1.29 is 14.7 Å². The molecular formula is C11H11N3O3S2. The van der Waals surface area contributed by atoms with Crippen molar-refractivity contribution in [1.29, 1.82) is 0 Å². The minimum absolute atomic E-state index is 0.0430. The number of carboxylic acid groups (broad SMARTS) is 1. The average molecular weight is 297 g/mol. The molecule has 6 nitrogen and oxygen atoms in total. The van der Waals surface area contributed by atoms with E-state index < -0.39 is 5.97 Å². The number of aryl methyl sites for hydroxylation is 1. The van der Waals surface area contributed by atoms with Gasteiger partial charge in [0.15, 0.2) is 5.69 Å². The average Bonchev–Trinajstić information content (AvgIpc) is 2.98. The van der Waals surface area contributed by atoms with Crippen LogP contribution in [0.2, 0.25) is 0 Å². The molecule has 2 aromatic heterocycles. The Morgan fingerprint density at radius 3 is 2.58 bits per heavy atom. The van der Waals surface area contributed by atoms with Crippen LogP contribution in [-0.4, -0.2) is 33.5 Å². The van der Waals surface area contributed by atoms with Gasteiger partial charge in [-0.05, 0) is 6.92 Å². The Bertz CT molecular complexity index is 606. The number of hydrogen-bond donors (Lipinski definition) is 2. The topological polar surface area (TPSA) is 92.2 Å². The van der Waals surface area contributed by atoms with E-state index in [-0.39, 0.29) is 11.6 Å². The van der Waals surface area contributed by atoms with E-state index in [1.807, 2.05) is 6.92 Å². The number of carbonyl (C=O) groups excluding carboxylic acids is 1. The number of hydrogen-bond acceptors (Lipinski definition) is 6. The number of carboxylic acids is 1. The van der Waals surface area contributed by atoms with Crippen molar-refractivity contribution in [2.24, 2.45) is 0 Å². The molecule has 2 aromatic rings. The fourth-order valence-corrected chi connectivity index (χ4v) is 2.73. The van der Waals surface area contributed by atoms with Gasteiger partial charge in [0.2, 0.25) is 0 Å². The molecule has 0 aliphatic carbocycles. The Hall–Kier alpha value is -1.80. The summed E-state index contributed by atoms with van der Waals surface area (Å²) < 4.78 is 0. The summed E-state index contributed by atoms with van der Waals surface area (Å²) in [5.41, 5.74) is 0.453. The van der Waals surface area contributed by atoms with E-state index in [0.717, 1.165) is 5.01 Å². The van der Waals surface area contributed by atoms with Gasteiger partial charge < -0.3 is 10.4 Å². The fraction of sp³-hybridized carbons (Fsp3) is 0.273. The van der Waals surface area contributed by atoms with Crippen LogP contribution in [0.1, 0.15) is 31.0 Å². The molecule has 100 valence electrons. The van der Waals surface area contributed by atoms with E-state index in [9.17, 15) is 9.59 Å². The monoisotopic (exact) mass is 297 g/mol. The van der Waals surface area contributed by atoms with Crippen molar-refractivity contribution >= 4 is 34.6 Å². The van der Waals surface area contributed by atoms with Crippen LogP contribution in [0.4, 0.5) is 0 Å². The summed E-state index contributed by atoms with van der Waals surface area (Å²) in [6.07, 6.45) is 0.507. The predicted molar refractivity (Wildman–Crippen MR) is 72.0 cm³/mol. The number of rotatable bonds is 5. The number of aromatic carboxylic acids is 1. The summed E-state index contributed by atoms with van der Waals surface area (Å²) in [6.45, 7) is 2.24. The first kappa shape index (κ1) is 13.6. The zero-order chi connectivity index (χ0) is 13.8. The minimum Gasteiger partial charge on any atom is -0.476 e. The van der Waals surface area contributed by atoms with E-state index in [1.54, 1.807) is 5.38 Å². The zero-order valence-corrected chi connectivity index (χ0v) is 11.7. The predicted octanol–water partition coefficient (Wildman–Crippen LogP) is 1.58. The quantitative estimate of drug-likeness (QED) is 0.874. The molecule has 0 aliphatic heterocycles. The third-order valence-electron chi connectivity index (χ3n) is 2.25. The molecule has 19 heavy (non-hydrogen) atoms. The molecule has 0 saturated carbocycles. The Morgan fingerprint density at radius 1 is 1.26 bits per heavy atom. The zero-order valence-electron chi connectivity index (χ0n) is 10.0. The number of nitrogens with zero attached hydrogens (tertiary/aromatic N) is 2. The van der Waals surface area contributed by atoms with Crippen LogP contribution in [0.15, 0.2) is 10.8 Å². The molecule has 2 rings (SSSR count). The number of aromatic nitrogens is 2. The first-order valence-corrected chi connectivity index (χ1v) is 7.20. The van der Waals surface area contributed by atoms with Crippen LogP contribution < -0.4 is 5.32 Å². The third kappa shape index (κ3) is 3.58. The molecule has 0 unspecified atom stereocenters. The lowest BCUT2D eigenvalue weighted by Crippen LogP contribution is -2.26. The molecule has 1 amide bonds. The van der Waals surface area contributed by atoms with Gasteiger partial charge in [-0.2, -0.15) is 0 Å². The van der Waals surface area contributed by atoms with Gasteiger partial charge in [-0.15, -0.1) is 22.7 Å². The second-order valence-electron chi connectivity index (χ2n) is 3.69. The number of nitrogens with one attached hydrogen (secondary N) is 1. The molecule has 0 atom stereocenters. The summed E-state index contributed by atoms with van der Waals surface area (Å²) >= 11 is 2.69. The second-order valence-corrected chi connectivity index (χ2v) is 5.69. The highest BCUT2D eigenvalue weighted by Gasteiger charge is 2.10. The third-order valence-corrected chi connectivity index (χ3v) is 3.93. The van der Waals surface area contributed by atoms with Gasteiger partial charge in [-0.25, -0.2) is 14.8 Å². The summed E-state index contributed by atoms with van der Waals surface area (Å²) in [5, 5.41) is 16.2. The molecule has 0 spiro atoms. The van der Waals surface area contributed by atoms with E-state index in [1.165, 1.54) is 28.1 Å². The summed E-state index contributed by atoms with van der Waals surface area (Å²) in [7, 11) is 0. The Kier molecular flexibility index (Phi) is 4.23. The van der Waals surface area contributed by atoms with Crippen molar-refractivity contribution in [3.8, 4) is 0 Å². The first-order chi connectivity index (χ1) is 9.06. The number of carbonyl (C=O) groups is 2. The maximum absolute atomic E-state index is 11.7. The minimum atomic E-state index is -1.04. The summed E-state index contributed by atoms with van der Waals surface area (Å²) in [4.78, 5) is 30.4. The second kappa shape index (κ2) is 5.89. The highest BCUT2D eigenvalue weighted by Crippen LogP contribution is 2.10. The Labute approximate surface area is 117 Å². The lowest BCUT2D eigenvalue weighted by Gasteiger charge is -2.00. The normalized spacial score (nSPS) is 10.4. The highest BCUT2D eigenvalue weighted by atomic mass is 32.1. The van der Waals surface area contributed by atoms with Crippen molar-refractivity contribution in [2.45, 2.75) is 13.3 Å². The van der Waals surface area contributed by atoms with Gasteiger partial charge in [0.25, 0.3) is 5.91 Å². The summed E-state index contributed by atoms with van der Waals surface area (Å²) in [6, 6.07) is 0. The molecule has 0 fully saturated rings. The maximum atomic E-state index is 11.7. The van der Waals surface area contributed by atoms with Gasteiger partial charge in [0.1, 0.15) is 5.69 Å². The van der Waals surface area contributed by atoms with Crippen LogP contribution in [0, 0.1) is 6.92 Å². The van der Waals surface area contributed by atoms with E-state index in [4.69, 9.17) is 5.11 Å². The smallest absolute Gasteiger partial charge is 0.355 e. The molecular weight excluding hydrogens is 286 g/mol. The molecule has 0 saturated heterocycles. The van der Waals surface area contributed by atoms with Gasteiger partial charge in [0.05, 0.1) is 10.0 Å². The van der Waals surface area contributed by atoms with Crippen LogP contribution in [0.5, 0.6) is 0 Å². The van der Waals surface area contributed by atoms with Crippen LogP contribution in [0.3, 0.4) is 0 Å². The van der Waals surface area contributed by atoms with Gasteiger partial charge >= 0.3 is 5.97 Å². The lowest BCUT2D eigenvalue weighted by atomic mass is 10.4. The van der Waals surface area contributed by atoms with Gasteiger partial charge in [-0.3, -0.25) is 4.79 Å². The van der Waals surface area contributed by atoms with Crippen LogP contribution in [-0.2, 0) is 6.42 Å². The lowest BCUT2D eigenvalue weighted by molar-refractivity contribution is 0.0690. The molecule has 2 heterocycles. The standard InChI is InChI=1S/C11H11N3O3S2/c1-6-13-7(4-18-6)10(15)12-3-2-9-14-8(5-19-9)11(16)17/h4-5H,2-3H2,1H3,(H,12,15)(H,16,17). The van der Waals surface area contributed by atoms with Crippen LogP contribution in [0.25, 0.3) is 0 Å². The van der Waals surface area contributed by atoms with E-state index >= 15 is 0 Å². The first-order valence-electron chi connectivity index (χ1n) is 5.44. The molecule has 0 aliphatic rings. The van der Waals surface area contributed by atoms with E-state index in [2.05, 4.69) is 15.3 Å². The molecule has 0 radical (unpaired) electrons. The van der Waals surface area contributed by atoms with Crippen LogP contribution >= 0.6 is 22.7 Å². The van der Waals surface area contributed by atoms with Gasteiger partial charge in [0, 0.05) is 23.7 Å². The highest BCUT2D eigenvalue weighted by molar-refractivity contribution is 7.10. The number of thiazole rings is 2. The Morgan fingerprint density at radius 2 is 2.00 bits per heavy atom. The van der Waals surface area contributed by atoms with Crippen molar-refractivity contribution in [3.63, 3.8) is 0 Å². The van der Waals surface area contributed by atoms with E-state index in [0.29, 0.717) is 23.7 Å².